The lowest BCUT2D eigenvalue weighted by Crippen LogP contribution is -2.53. The van der Waals surface area contributed by atoms with Crippen molar-refractivity contribution in [2.45, 2.75) is 64.4 Å². The first-order valence-corrected chi connectivity index (χ1v) is 17.4. The lowest BCUT2D eigenvalue weighted by atomic mass is 10.0. The molecule has 1 N–H and O–H groups in total. The highest BCUT2D eigenvalue weighted by Gasteiger charge is 2.35. The summed E-state index contributed by atoms with van der Waals surface area (Å²) in [5.41, 5.74) is 4.59. The van der Waals surface area contributed by atoms with Crippen LogP contribution in [0.5, 0.6) is 5.75 Å². The SMILES string of the molecule is CCCCNC(=O)C(Cc1ccccc1)N(Cc1cccc(OC)c1)C(=O)CN(c1cccc(C)c1C)S(=O)(=O)c1ccc(C)cc1. The Morgan fingerprint density at radius 3 is 2.21 bits per heavy atom. The number of unbranched alkanes of at least 4 members (excludes halogenated alkanes) is 1. The van der Waals surface area contributed by atoms with Crippen LogP contribution >= 0.6 is 0 Å². The number of rotatable bonds is 15. The highest BCUT2D eigenvalue weighted by Crippen LogP contribution is 2.29. The lowest BCUT2D eigenvalue weighted by molar-refractivity contribution is -0.140. The standard InChI is InChI=1S/C38H45N3O5S/c1-6-7-23-39-38(43)36(25-31-14-9-8-10-15-31)40(26-32-16-12-17-33(24-32)46-5)37(42)27-41(35-18-11-13-29(3)30(35)4)47(44,45)34-21-19-28(2)20-22-34/h8-22,24,36H,6-7,23,25-27H2,1-5H3,(H,39,43). The molecule has 1 unspecified atom stereocenters. The Bertz CT molecular complexity index is 1760. The summed E-state index contributed by atoms with van der Waals surface area (Å²) in [7, 11) is -2.61. The van der Waals surface area contributed by atoms with Crippen molar-refractivity contribution in [1.29, 1.82) is 0 Å². The van der Waals surface area contributed by atoms with Gasteiger partial charge in [-0.15, -0.1) is 0 Å². The van der Waals surface area contributed by atoms with Gasteiger partial charge in [0.05, 0.1) is 17.7 Å². The number of nitrogens with one attached hydrogen (secondary N) is 1. The maximum Gasteiger partial charge on any atom is 0.264 e. The lowest BCUT2D eigenvalue weighted by Gasteiger charge is -2.34. The fourth-order valence-electron chi connectivity index (χ4n) is 5.38. The Morgan fingerprint density at radius 1 is 0.851 bits per heavy atom. The van der Waals surface area contributed by atoms with Crippen molar-refractivity contribution in [3.05, 3.63) is 125 Å². The summed E-state index contributed by atoms with van der Waals surface area (Å²) in [5.74, 6) is -0.185. The summed E-state index contributed by atoms with van der Waals surface area (Å²) < 4.78 is 35.3. The second-order valence-electron chi connectivity index (χ2n) is 11.8. The van der Waals surface area contributed by atoms with Crippen molar-refractivity contribution in [3.63, 3.8) is 0 Å². The zero-order chi connectivity index (χ0) is 34.0. The topological polar surface area (TPSA) is 96.0 Å². The molecule has 0 saturated heterocycles. The molecule has 0 aliphatic heterocycles. The van der Waals surface area contributed by atoms with E-state index < -0.39 is 28.5 Å². The van der Waals surface area contributed by atoms with E-state index in [-0.39, 0.29) is 23.8 Å². The molecule has 0 saturated carbocycles. The van der Waals surface area contributed by atoms with E-state index in [1.165, 1.54) is 9.21 Å². The van der Waals surface area contributed by atoms with Gasteiger partial charge in [0.25, 0.3) is 10.0 Å². The third kappa shape index (κ3) is 9.01. The van der Waals surface area contributed by atoms with Crippen LogP contribution in [0.4, 0.5) is 5.69 Å². The predicted octanol–water partition coefficient (Wildman–Crippen LogP) is 6.37. The first-order chi connectivity index (χ1) is 22.5. The smallest absolute Gasteiger partial charge is 0.264 e. The number of amides is 2. The summed E-state index contributed by atoms with van der Waals surface area (Å²) in [6, 6.07) is 27.9. The van der Waals surface area contributed by atoms with Gasteiger partial charge in [-0.2, -0.15) is 0 Å². The molecule has 0 radical (unpaired) electrons. The molecule has 0 heterocycles. The van der Waals surface area contributed by atoms with Crippen LogP contribution in [0.15, 0.2) is 102 Å². The van der Waals surface area contributed by atoms with E-state index in [2.05, 4.69) is 5.32 Å². The number of methoxy groups -OCH3 is 1. The molecule has 8 nitrogen and oxygen atoms in total. The van der Waals surface area contributed by atoms with Crippen molar-refractivity contribution in [2.24, 2.45) is 0 Å². The van der Waals surface area contributed by atoms with Gasteiger partial charge >= 0.3 is 0 Å². The van der Waals surface area contributed by atoms with Crippen LogP contribution in [-0.2, 0) is 32.6 Å². The summed E-state index contributed by atoms with van der Waals surface area (Å²) in [4.78, 5) is 30.2. The summed E-state index contributed by atoms with van der Waals surface area (Å²) in [6.45, 7) is 7.72. The van der Waals surface area contributed by atoms with Gasteiger partial charge in [0.15, 0.2) is 0 Å². The summed E-state index contributed by atoms with van der Waals surface area (Å²) in [6.07, 6.45) is 1.95. The van der Waals surface area contributed by atoms with Gasteiger partial charge in [-0.25, -0.2) is 8.42 Å². The van der Waals surface area contributed by atoms with Gasteiger partial charge in [0, 0.05) is 19.5 Å². The average Bonchev–Trinajstić information content (AvgIpc) is 3.07. The Kier molecular flexibility index (Phi) is 12.2. The third-order valence-electron chi connectivity index (χ3n) is 8.32. The number of carbonyl (C=O) groups is 2. The van der Waals surface area contributed by atoms with Crippen molar-refractivity contribution in [2.75, 3.05) is 24.5 Å². The molecule has 1 atom stereocenters. The molecule has 4 aromatic carbocycles. The van der Waals surface area contributed by atoms with E-state index in [1.807, 2.05) is 88.4 Å². The van der Waals surface area contributed by atoms with Crippen LogP contribution in [0.25, 0.3) is 0 Å². The van der Waals surface area contributed by atoms with Crippen LogP contribution in [-0.4, -0.2) is 51.4 Å². The number of sulfonamides is 1. The van der Waals surface area contributed by atoms with E-state index in [0.717, 1.165) is 40.7 Å². The van der Waals surface area contributed by atoms with Crippen molar-refractivity contribution in [3.8, 4) is 5.75 Å². The number of benzene rings is 4. The highest BCUT2D eigenvalue weighted by atomic mass is 32.2. The average molecular weight is 656 g/mol. The molecule has 0 spiro atoms. The van der Waals surface area contributed by atoms with Gasteiger partial charge in [-0.1, -0.05) is 85.6 Å². The zero-order valence-electron chi connectivity index (χ0n) is 27.9. The number of ether oxygens (including phenoxy) is 1. The molecule has 0 fully saturated rings. The number of aryl methyl sites for hydroxylation is 2. The van der Waals surface area contributed by atoms with E-state index in [1.54, 1.807) is 43.5 Å². The molecule has 0 aromatic heterocycles. The Morgan fingerprint density at radius 2 is 1.53 bits per heavy atom. The fraction of sp³-hybridized carbons (Fsp3) is 0.316. The molecule has 0 bridgehead atoms. The summed E-state index contributed by atoms with van der Waals surface area (Å²) in [5, 5.41) is 3.02. The highest BCUT2D eigenvalue weighted by molar-refractivity contribution is 7.92. The van der Waals surface area contributed by atoms with Gasteiger partial charge in [0.2, 0.25) is 11.8 Å². The molecule has 0 aliphatic rings. The molecule has 9 heteroatoms. The second kappa shape index (κ2) is 16.3. The molecular weight excluding hydrogens is 611 g/mol. The predicted molar refractivity (Wildman–Crippen MR) is 187 cm³/mol. The second-order valence-corrected chi connectivity index (χ2v) is 13.6. The van der Waals surface area contributed by atoms with Gasteiger partial charge in [-0.3, -0.25) is 13.9 Å². The third-order valence-corrected chi connectivity index (χ3v) is 10.1. The Labute approximate surface area is 279 Å². The molecule has 248 valence electrons. The fourth-order valence-corrected chi connectivity index (χ4v) is 6.86. The molecule has 47 heavy (non-hydrogen) atoms. The van der Waals surface area contributed by atoms with Crippen molar-refractivity contribution in [1.82, 2.24) is 10.2 Å². The van der Waals surface area contributed by atoms with Gasteiger partial charge in [-0.05, 0) is 79.8 Å². The van der Waals surface area contributed by atoms with Crippen LogP contribution < -0.4 is 14.4 Å². The molecule has 4 aromatic rings. The Balaban J connectivity index is 1.83. The van der Waals surface area contributed by atoms with E-state index >= 15 is 0 Å². The number of anilines is 1. The Hall–Kier alpha value is -4.63. The van der Waals surface area contributed by atoms with Crippen LogP contribution in [0.1, 0.15) is 47.6 Å². The molecule has 4 rings (SSSR count). The minimum atomic E-state index is -4.18. The van der Waals surface area contributed by atoms with E-state index in [9.17, 15) is 18.0 Å². The first-order valence-electron chi connectivity index (χ1n) is 15.9. The van der Waals surface area contributed by atoms with Gasteiger partial charge in [0.1, 0.15) is 18.3 Å². The van der Waals surface area contributed by atoms with Crippen LogP contribution in [0.2, 0.25) is 0 Å². The van der Waals surface area contributed by atoms with Crippen LogP contribution in [0, 0.1) is 20.8 Å². The number of carbonyl (C=O) groups excluding carboxylic acids is 2. The molecule has 0 aliphatic carbocycles. The first kappa shape index (κ1) is 35.2. The number of hydrogen-bond acceptors (Lipinski definition) is 5. The van der Waals surface area contributed by atoms with Gasteiger partial charge < -0.3 is 15.0 Å². The van der Waals surface area contributed by atoms with E-state index in [4.69, 9.17) is 4.74 Å². The maximum atomic E-state index is 14.7. The normalized spacial score (nSPS) is 11.9. The molecule has 2 amide bonds. The van der Waals surface area contributed by atoms with E-state index in [0.29, 0.717) is 18.0 Å². The number of nitrogens with zero attached hydrogens (tertiary/aromatic N) is 2. The molecular formula is C38H45N3O5S. The largest absolute Gasteiger partial charge is 0.497 e. The maximum absolute atomic E-state index is 14.7. The zero-order valence-corrected chi connectivity index (χ0v) is 28.7. The van der Waals surface area contributed by atoms with Crippen molar-refractivity contribution >= 4 is 27.5 Å². The minimum absolute atomic E-state index is 0.0694. The minimum Gasteiger partial charge on any atom is -0.497 e. The van der Waals surface area contributed by atoms with Crippen LogP contribution in [0.3, 0.4) is 0 Å². The monoisotopic (exact) mass is 655 g/mol. The quantitative estimate of drug-likeness (QED) is 0.150. The number of hydrogen-bond donors (Lipinski definition) is 1. The summed E-state index contributed by atoms with van der Waals surface area (Å²) >= 11 is 0. The van der Waals surface area contributed by atoms with Crippen molar-refractivity contribution < 1.29 is 22.7 Å².